The van der Waals surface area contributed by atoms with Gasteiger partial charge in [0.25, 0.3) is 0 Å². The maximum absolute atomic E-state index is 13.0. The summed E-state index contributed by atoms with van der Waals surface area (Å²) in [5.74, 6) is 0.607. The number of amides is 1. The first kappa shape index (κ1) is 23.0. The van der Waals surface area contributed by atoms with E-state index in [0.717, 1.165) is 39.0 Å². The molecule has 0 unspecified atom stereocenters. The molecule has 2 fully saturated rings. The number of likely N-dealkylation sites (N-methyl/N-ethyl adjacent to an activating group) is 1. The topological polar surface area (TPSA) is 88.2 Å². The number of benzene rings is 1. The van der Waals surface area contributed by atoms with Crippen LogP contribution in [0.1, 0.15) is 24.0 Å². The molecule has 0 bridgehead atoms. The van der Waals surface area contributed by atoms with Crippen LogP contribution in [0.15, 0.2) is 17.0 Å². The Hall–Kier alpha value is -1.68. The van der Waals surface area contributed by atoms with Crippen molar-refractivity contribution in [3.05, 3.63) is 23.3 Å². The van der Waals surface area contributed by atoms with Gasteiger partial charge in [-0.15, -0.1) is 0 Å². The molecule has 3 rings (SSSR count). The molecule has 30 heavy (non-hydrogen) atoms. The summed E-state index contributed by atoms with van der Waals surface area (Å²) in [6.07, 6.45) is 2.07. The molecular weight excluding hydrogens is 406 g/mol. The average Bonchev–Trinajstić information content (AvgIpc) is 2.68. The summed E-state index contributed by atoms with van der Waals surface area (Å²) in [6, 6.07) is 3.43. The molecule has 2 heterocycles. The number of likely N-dealkylation sites (tertiary alicyclic amines) is 1. The first-order chi connectivity index (χ1) is 14.2. The summed E-state index contributed by atoms with van der Waals surface area (Å²) >= 11 is 0. The van der Waals surface area contributed by atoms with Crippen LogP contribution >= 0.6 is 0 Å². The zero-order chi connectivity index (χ0) is 21.9. The molecule has 168 valence electrons. The highest BCUT2D eigenvalue weighted by Crippen LogP contribution is 2.34. The number of carbonyl (C=O) groups is 1. The van der Waals surface area contributed by atoms with Crippen molar-refractivity contribution in [3.63, 3.8) is 0 Å². The second kappa shape index (κ2) is 9.21. The Morgan fingerprint density at radius 1 is 1.20 bits per heavy atom. The number of hydrogen-bond acceptors (Lipinski definition) is 6. The molecule has 1 amide bonds. The van der Waals surface area contributed by atoms with E-state index >= 15 is 0 Å². The van der Waals surface area contributed by atoms with Crippen LogP contribution in [-0.4, -0.2) is 83.6 Å². The number of hydrogen-bond donors (Lipinski definition) is 1. The van der Waals surface area contributed by atoms with Crippen molar-refractivity contribution >= 4 is 15.9 Å². The molecule has 0 radical (unpaired) electrons. The van der Waals surface area contributed by atoms with Gasteiger partial charge in [-0.05, 0) is 55.4 Å². The Morgan fingerprint density at radius 2 is 1.80 bits per heavy atom. The van der Waals surface area contributed by atoms with Crippen molar-refractivity contribution in [2.24, 2.45) is 5.41 Å². The minimum atomic E-state index is -3.66. The molecule has 2 saturated heterocycles. The van der Waals surface area contributed by atoms with Crippen molar-refractivity contribution in [2.45, 2.75) is 31.6 Å². The van der Waals surface area contributed by atoms with Gasteiger partial charge in [-0.1, -0.05) is 0 Å². The van der Waals surface area contributed by atoms with E-state index in [-0.39, 0.29) is 30.6 Å². The lowest BCUT2D eigenvalue weighted by Gasteiger charge is -2.48. The lowest BCUT2D eigenvalue weighted by Crippen LogP contribution is -2.59. The predicted octanol–water partition coefficient (Wildman–Crippen LogP) is 1.16. The number of piperidine rings is 1. The third kappa shape index (κ3) is 4.80. The third-order valence-electron chi connectivity index (χ3n) is 6.29. The molecule has 0 aliphatic carbocycles. The van der Waals surface area contributed by atoms with Crippen LogP contribution in [0, 0.1) is 19.3 Å². The van der Waals surface area contributed by atoms with Gasteiger partial charge in [0.05, 0.1) is 18.6 Å². The van der Waals surface area contributed by atoms with Crippen LogP contribution in [0.2, 0.25) is 0 Å². The second-order valence-electron chi connectivity index (χ2n) is 8.45. The van der Waals surface area contributed by atoms with E-state index in [1.807, 2.05) is 4.90 Å². The lowest BCUT2D eigenvalue weighted by atomic mass is 9.73. The van der Waals surface area contributed by atoms with Crippen LogP contribution in [-0.2, 0) is 19.6 Å². The van der Waals surface area contributed by atoms with Crippen LogP contribution in [0.25, 0.3) is 0 Å². The number of aryl methyl sites for hydroxylation is 2. The Morgan fingerprint density at radius 3 is 2.30 bits per heavy atom. The molecular formula is C21H33N3O5S. The van der Waals surface area contributed by atoms with Gasteiger partial charge < -0.3 is 19.7 Å². The van der Waals surface area contributed by atoms with Crippen LogP contribution in [0.5, 0.6) is 5.75 Å². The predicted molar refractivity (Wildman–Crippen MR) is 114 cm³/mol. The number of nitrogens with one attached hydrogen (secondary N) is 1. The molecule has 1 aromatic rings. The van der Waals surface area contributed by atoms with Gasteiger partial charge in [0.15, 0.2) is 0 Å². The maximum Gasteiger partial charge on any atom is 0.248 e. The highest BCUT2D eigenvalue weighted by atomic mass is 32.2. The molecule has 8 nitrogen and oxygen atoms in total. The fourth-order valence-electron chi connectivity index (χ4n) is 4.22. The van der Waals surface area contributed by atoms with Gasteiger partial charge in [-0.3, -0.25) is 4.79 Å². The summed E-state index contributed by atoms with van der Waals surface area (Å²) in [7, 11) is -0.576. The number of carbonyl (C=O) groups excluding carboxylic acids is 1. The smallest absolute Gasteiger partial charge is 0.248 e. The van der Waals surface area contributed by atoms with Gasteiger partial charge in [0.2, 0.25) is 15.9 Å². The Labute approximate surface area is 179 Å². The average molecular weight is 440 g/mol. The van der Waals surface area contributed by atoms with Crippen LogP contribution in [0.3, 0.4) is 0 Å². The Bertz CT molecular complexity index is 850. The molecule has 9 heteroatoms. The SMILES string of the molecule is COc1cc(C)c(S(=O)(=O)N(C)CCOCC(=O)N2CCC3(CC2)CNC3)c(C)c1. The van der Waals surface area contributed by atoms with E-state index in [4.69, 9.17) is 9.47 Å². The van der Waals surface area contributed by atoms with E-state index in [1.165, 1.54) is 11.4 Å². The summed E-state index contributed by atoms with van der Waals surface area (Å²) in [5, 5.41) is 3.32. The minimum absolute atomic E-state index is 0.0142. The molecule has 1 aromatic carbocycles. The highest BCUT2D eigenvalue weighted by Gasteiger charge is 2.40. The zero-order valence-corrected chi connectivity index (χ0v) is 19.2. The van der Waals surface area contributed by atoms with Crippen molar-refractivity contribution in [1.29, 1.82) is 0 Å². The standard InChI is InChI=1S/C21H33N3O5S/c1-16-11-18(28-4)12-17(2)20(16)30(26,27)23(3)9-10-29-13-19(25)24-7-5-21(6-8-24)14-22-15-21/h11-12,22H,5-10,13-15H2,1-4H3. The zero-order valence-electron chi connectivity index (χ0n) is 18.4. The molecule has 0 atom stereocenters. The van der Waals surface area contributed by atoms with E-state index < -0.39 is 10.0 Å². The molecule has 2 aliphatic rings. The van der Waals surface area contributed by atoms with Crippen LogP contribution < -0.4 is 10.1 Å². The highest BCUT2D eigenvalue weighted by molar-refractivity contribution is 7.89. The van der Waals surface area contributed by atoms with Crippen molar-refractivity contribution in [1.82, 2.24) is 14.5 Å². The van der Waals surface area contributed by atoms with E-state index in [0.29, 0.717) is 22.3 Å². The fraction of sp³-hybridized carbons (Fsp3) is 0.667. The van der Waals surface area contributed by atoms with Gasteiger partial charge >= 0.3 is 0 Å². The van der Waals surface area contributed by atoms with E-state index in [1.54, 1.807) is 33.1 Å². The number of rotatable bonds is 8. The first-order valence-electron chi connectivity index (χ1n) is 10.4. The van der Waals surface area contributed by atoms with Gasteiger partial charge in [-0.2, -0.15) is 4.31 Å². The normalized spacial score (nSPS) is 18.5. The van der Waals surface area contributed by atoms with Crippen LogP contribution in [0.4, 0.5) is 0 Å². The van der Waals surface area contributed by atoms with E-state index in [9.17, 15) is 13.2 Å². The first-order valence-corrected chi connectivity index (χ1v) is 11.8. The quantitative estimate of drug-likeness (QED) is 0.612. The van der Waals surface area contributed by atoms with Gasteiger partial charge in [-0.25, -0.2) is 8.42 Å². The van der Waals surface area contributed by atoms with Gasteiger partial charge in [0, 0.05) is 39.8 Å². The number of sulfonamides is 1. The fourth-order valence-corrected chi connectivity index (χ4v) is 5.78. The van der Waals surface area contributed by atoms with Crippen molar-refractivity contribution in [3.8, 4) is 5.75 Å². The summed E-state index contributed by atoms with van der Waals surface area (Å²) < 4.78 is 38.0. The number of nitrogens with zero attached hydrogens (tertiary/aromatic N) is 2. The Balaban J connectivity index is 1.47. The number of methoxy groups -OCH3 is 1. The number of ether oxygens (including phenoxy) is 2. The molecule has 1 N–H and O–H groups in total. The van der Waals surface area contributed by atoms with Crippen molar-refractivity contribution < 1.29 is 22.7 Å². The minimum Gasteiger partial charge on any atom is -0.497 e. The molecule has 0 saturated carbocycles. The molecule has 0 aromatic heterocycles. The lowest BCUT2D eigenvalue weighted by molar-refractivity contribution is -0.139. The van der Waals surface area contributed by atoms with E-state index in [2.05, 4.69) is 5.32 Å². The summed E-state index contributed by atoms with van der Waals surface area (Å²) in [6.45, 7) is 7.50. The maximum atomic E-state index is 13.0. The molecule has 2 aliphatic heterocycles. The van der Waals surface area contributed by atoms with Crippen molar-refractivity contribution in [2.75, 3.05) is 60.1 Å². The Kier molecular flexibility index (Phi) is 7.06. The monoisotopic (exact) mass is 439 g/mol. The van der Waals surface area contributed by atoms with Gasteiger partial charge in [0.1, 0.15) is 12.4 Å². The second-order valence-corrected chi connectivity index (χ2v) is 10.4. The summed E-state index contributed by atoms with van der Waals surface area (Å²) in [5.41, 5.74) is 1.67. The third-order valence-corrected chi connectivity index (χ3v) is 8.45. The molecule has 1 spiro atoms. The largest absolute Gasteiger partial charge is 0.497 e. The summed E-state index contributed by atoms with van der Waals surface area (Å²) in [4.78, 5) is 14.5.